The van der Waals surface area contributed by atoms with Gasteiger partial charge in [0.05, 0.1) is 11.9 Å². The molecule has 8 heteroatoms. The number of nitrogens with one attached hydrogen (secondary N) is 2. The number of benzene rings is 4. The molecule has 0 atom stereocenters. The van der Waals surface area contributed by atoms with Crippen molar-refractivity contribution >= 4 is 34.5 Å². The number of ether oxygens (including phenoxy) is 1. The van der Waals surface area contributed by atoms with E-state index in [4.69, 9.17) is 16.3 Å². The van der Waals surface area contributed by atoms with E-state index in [-0.39, 0.29) is 11.4 Å². The summed E-state index contributed by atoms with van der Waals surface area (Å²) in [5.74, 6) is 0.344. The summed E-state index contributed by atoms with van der Waals surface area (Å²) in [6, 6.07) is 27.6. The summed E-state index contributed by atoms with van der Waals surface area (Å²) in [6.07, 6.45) is 1.43. The maximum atomic E-state index is 12.5. The standard InChI is InChI=1S/C28H21ClN4O3/c29-21-10-5-18(6-11-21)17-36-22-12-7-20(8-13-22)25-15-26(32-31-25)28(35)33-30-16-24-23-4-2-1-3-19(23)9-14-27(24)34/h1-16,34H,17H2,(H,31,32)(H,33,35). The molecule has 0 fully saturated rings. The lowest BCUT2D eigenvalue weighted by molar-refractivity contribution is 0.0950. The van der Waals surface area contributed by atoms with Gasteiger partial charge in [0.25, 0.3) is 5.91 Å². The number of carbonyl (C=O) groups is 1. The molecule has 0 aliphatic heterocycles. The van der Waals surface area contributed by atoms with Crippen LogP contribution in [0.25, 0.3) is 22.0 Å². The lowest BCUT2D eigenvalue weighted by atomic mass is 10.0. The van der Waals surface area contributed by atoms with Gasteiger partial charge >= 0.3 is 0 Å². The van der Waals surface area contributed by atoms with Crippen molar-refractivity contribution in [2.24, 2.45) is 5.10 Å². The summed E-state index contributed by atoms with van der Waals surface area (Å²) in [7, 11) is 0. The van der Waals surface area contributed by atoms with Crippen molar-refractivity contribution < 1.29 is 14.6 Å². The van der Waals surface area contributed by atoms with Crippen molar-refractivity contribution in [3.05, 3.63) is 113 Å². The summed E-state index contributed by atoms with van der Waals surface area (Å²) < 4.78 is 5.81. The maximum absolute atomic E-state index is 12.5. The van der Waals surface area contributed by atoms with Gasteiger partial charge in [-0.25, -0.2) is 5.43 Å². The number of carbonyl (C=O) groups excluding carboxylic acids is 1. The number of halogens is 1. The molecule has 0 spiro atoms. The van der Waals surface area contributed by atoms with Crippen molar-refractivity contribution in [1.82, 2.24) is 15.6 Å². The molecule has 0 bridgehead atoms. The fourth-order valence-electron chi connectivity index (χ4n) is 3.69. The lowest BCUT2D eigenvalue weighted by Crippen LogP contribution is -2.18. The molecule has 0 saturated heterocycles. The van der Waals surface area contributed by atoms with E-state index in [0.717, 1.165) is 21.9 Å². The predicted octanol–water partition coefficient (Wildman–Crippen LogP) is 5.93. The highest BCUT2D eigenvalue weighted by atomic mass is 35.5. The minimum Gasteiger partial charge on any atom is -0.507 e. The van der Waals surface area contributed by atoms with Crippen LogP contribution in [0.1, 0.15) is 21.6 Å². The van der Waals surface area contributed by atoms with Crippen LogP contribution in [-0.2, 0) is 6.61 Å². The van der Waals surface area contributed by atoms with Gasteiger partial charge in [0, 0.05) is 16.1 Å². The first kappa shape index (κ1) is 23.1. The van der Waals surface area contributed by atoms with Crippen LogP contribution in [0.3, 0.4) is 0 Å². The molecule has 1 aromatic heterocycles. The van der Waals surface area contributed by atoms with Crippen LogP contribution in [0.2, 0.25) is 5.02 Å². The van der Waals surface area contributed by atoms with E-state index in [1.54, 1.807) is 12.1 Å². The quantitative estimate of drug-likeness (QED) is 0.192. The van der Waals surface area contributed by atoms with Crippen LogP contribution in [0, 0.1) is 0 Å². The van der Waals surface area contributed by atoms with E-state index in [2.05, 4.69) is 20.7 Å². The van der Waals surface area contributed by atoms with Crippen molar-refractivity contribution in [1.29, 1.82) is 0 Å². The molecule has 7 nitrogen and oxygen atoms in total. The number of H-pyrrole nitrogens is 1. The Morgan fingerprint density at radius 3 is 2.61 bits per heavy atom. The van der Waals surface area contributed by atoms with Gasteiger partial charge in [-0.15, -0.1) is 0 Å². The van der Waals surface area contributed by atoms with Gasteiger partial charge in [0.15, 0.2) is 0 Å². The Balaban J connectivity index is 1.21. The van der Waals surface area contributed by atoms with E-state index in [0.29, 0.717) is 28.6 Å². The van der Waals surface area contributed by atoms with Gasteiger partial charge in [-0.1, -0.05) is 54.1 Å². The van der Waals surface area contributed by atoms with Crippen LogP contribution < -0.4 is 10.2 Å². The van der Waals surface area contributed by atoms with Gasteiger partial charge in [-0.3, -0.25) is 9.89 Å². The topological polar surface area (TPSA) is 99.6 Å². The van der Waals surface area contributed by atoms with Crippen LogP contribution in [0.5, 0.6) is 11.5 Å². The van der Waals surface area contributed by atoms with Crippen LogP contribution in [0.4, 0.5) is 0 Å². The average molecular weight is 497 g/mol. The van der Waals surface area contributed by atoms with Gasteiger partial charge in [-0.2, -0.15) is 10.2 Å². The van der Waals surface area contributed by atoms with Crippen LogP contribution in [-0.4, -0.2) is 27.4 Å². The fourth-order valence-corrected chi connectivity index (χ4v) is 3.82. The van der Waals surface area contributed by atoms with Crippen molar-refractivity contribution in [2.45, 2.75) is 6.61 Å². The molecule has 0 aliphatic carbocycles. The SMILES string of the molecule is O=C(NN=Cc1c(O)ccc2ccccc12)c1cc(-c2ccc(OCc3ccc(Cl)cc3)cc2)n[nH]1. The Labute approximate surface area is 212 Å². The minimum atomic E-state index is -0.451. The average Bonchev–Trinajstić information content (AvgIpc) is 3.40. The molecular formula is C28H21ClN4O3. The third-order valence-corrected chi connectivity index (χ3v) is 5.85. The summed E-state index contributed by atoms with van der Waals surface area (Å²) in [5, 5.41) is 23.7. The Hall–Kier alpha value is -4.62. The van der Waals surface area contributed by atoms with Crippen LogP contribution >= 0.6 is 11.6 Å². The molecule has 0 radical (unpaired) electrons. The number of amides is 1. The first-order chi connectivity index (χ1) is 17.6. The highest BCUT2D eigenvalue weighted by Gasteiger charge is 2.11. The van der Waals surface area contributed by atoms with Gasteiger partial charge in [-0.05, 0) is 64.9 Å². The smallest absolute Gasteiger partial charge is 0.289 e. The zero-order valence-corrected chi connectivity index (χ0v) is 19.7. The second-order valence-electron chi connectivity index (χ2n) is 8.03. The molecule has 5 rings (SSSR count). The lowest BCUT2D eigenvalue weighted by Gasteiger charge is -2.07. The minimum absolute atomic E-state index is 0.0797. The van der Waals surface area contributed by atoms with E-state index in [9.17, 15) is 9.90 Å². The number of hydrogen-bond acceptors (Lipinski definition) is 5. The van der Waals surface area contributed by atoms with E-state index < -0.39 is 5.91 Å². The molecule has 0 aliphatic rings. The number of phenols is 1. The molecule has 178 valence electrons. The number of aromatic amines is 1. The summed E-state index contributed by atoms with van der Waals surface area (Å²) in [5.41, 5.74) is 5.71. The second kappa shape index (κ2) is 10.3. The molecule has 36 heavy (non-hydrogen) atoms. The van der Waals surface area contributed by atoms with E-state index in [1.165, 1.54) is 6.21 Å². The van der Waals surface area contributed by atoms with Crippen molar-refractivity contribution in [3.8, 4) is 22.8 Å². The third-order valence-electron chi connectivity index (χ3n) is 5.60. The second-order valence-corrected chi connectivity index (χ2v) is 8.46. The van der Waals surface area contributed by atoms with E-state index >= 15 is 0 Å². The molecule has 1 amide bonds. The summed E-state index contributed by atoms with van der Waals surface area (Å²) in [4.78, 5) is 12.5. The molecule has 0 saturated carbocycles. The number of hydrazone groups is 1. The van der Waals surface area contributed by atoms with Gasteiger partial charge in [0.2, 0.25) is 0 Å². The van der Waals surface area contributed by atoms with Crippen molar-refractivity contribution in [3.63, 3.8) is 0 Å². The predicted molar refractivity (Wildman–Crippen MR) is 140 cm³/mol. The van der Waals surface area contributed by atoms with Gasteiger partial charge in [0.1, 0.15) is 23.8 Å². The number of phenolic OH excluding ortho intramolecular Hbond substituents is 1. The highest BCUT2D eigenvalue weighted by molar-refractivity contribution is 6.30. The number of aromatic nitrogens is 2. The molecule has 3 N–H and O–H groups in total. The number of fused-ring (bicyclic) bond motifs is 1. The number of nitrogens with zero attached hydrogens (tertiary/aromatic N) is 2. The Bertz CT molecular complexity index is 1540. The van der Waals surface area contributed by atoms with E-state index in [1.807, 2.05) is 78.9 Å². The Morgan fingerprint density at radius 1 is 1.03 bits per heavy atom. The number of aromatic hydroxyl groups is 1. The first-order valence-corrected chi connectivity index (χ1v) is 11.5. The Morgan fingerprint density at radius 2 is 1.81 bits per heavy atom. The fraction of sp³-hybridized carbons (Fsp3) is 0.0357. The monoisotopic (exact) mass is 496 g/mol. The van der Waals surface area contributed by atoms with Gasteiger partial charge < -0.3 is 9.84 Å². The highest BCUT2D eigenvalue weighted by Crippen LogP contribution is 2.25. The molecule has 4 aromatic carbocycles. The third kappa shape index (κ3) is 5.21. The molecule has 5 aromatic rings. The first-order valence-electron chi connectivity index (χ1n) is 11.1. The zero-order valence-electron chi connectivity index (χ0n) is 19.0. The summed E-state index contributed by atoms with van der Waals surface area (Å²) >= 11 is 5.91. The summed E-state index contributed by atoms with van der Waals surface area (Å²) in [6.45, 7) is 0.431. The number of rotatable bonds is 7. The van der Waals surface area contributed by atoms with Crippen LogP contribution in [0.15, 0.2) is 96.1 Å². The number of hydrogen-bond donors (Lipinski definition) is 3. The zero-order chi connectivity index (χ0) is 24.9. The normalized spacial score (nSPS) is 11.1. The molecular weight excluding hydrogens is 476 g/mol. The molecule has 1 heterocycles. The maximum Gasteiger partial charge on any atom is 0.289 e. The molecule has 0 unspecified atom stereocenters. The largest absolute Gasteiger partial charge is 0.507 e. The van der Waals surface area contributed by atoms with Crippen molar-refractivity contribution in [2.75, 3.05) is 0 Å². The Kier molecular flexibility index (Phi) is 6.64.